The zero-order valence-electron chi connectivity index (χ0n) is 13.1. The second-order valence-electron chi connectivity index (χ2n) is 5.62. The van der Waals surface area contributed by atoms with E-state index >= 15 is 0 Å². The molecule has 23 heavy (non-hydrogen) atoms. The molecule has 0 heterocycles. The maximum atomic E-state index is 6.07. The van der Waals surface area contributed by atoms with Crippen LogP contribution in [0.15, 0.2) is 84.5 Å². The summed E-state index contributed by atoms with van der Waals surface area (Å²) in [5, 5.41) is 0.764. The molecule has 0 saturated carbocycles. The van der Waals surface area contributed by atoms with Crippen molar-refractivity contribution in [1.82, 2.24) is 0 Å². The second-order valence-corrected chi connectivity index (χ2v) is 6.03. The third-order valence-electron chi connectivity index (χ3n) is 3.87. The topological polar surface area (TPSA) is 9.23 Å². The van der Waals surface area contributed by atoms with Gasteiger partial charge in [-0.1, -0.05) is 72.3 Å². The minimum absolute atomic E-state index is 0.203. The summed E-state index contributed by atoms with van der Waals surface area (Å²) < 4.78 is 6.02. The van der Waals surface area contributed by atoms with Gasteiger partial charge in [-0.05, 0) is 41.8 Å². The fourth-order valence-electron chi connectivity index (χ4n) is 2.57. The number of benzene rings is 2. The first kappa shape index (κ1) is 15.6. The fraction of sp³-hybridized carbons (Fsp3) is 0.143. The number of rotatable bonds is 5. The highest BCUT2D eigenvalue weighted by atomic mass is 35.5. The van der Waals surface area contributed by atoms with Crippen LogP contribution in [0.4, 0.5) is 0 Å². The molecular formula is C21H19ClO. The lowest BCUT2D eigenvalue weighted by Gasteiger charge is -2.16. The SMILES string of the molecule is Cc1cc(OCC(C=C2C=CC=C2)c2ccccc2)ccc1Cl. The smallest absolute Gasteiger partial charge is 0.119 e. The summed E-state index contributed by atoms with van der Waals surface area (Å²) in [6.45, 7) is 2.58. The van der Waals surface area contributed by atoms with Crippen molar-refractivity contribution in [2.75, 3.05) is 6.61 Å². The van der Waals surface area contributed by atoms with Gasteiger partial charge in [-0.3, -0.25) is 0 Å². The van der Waals surface area contributed by atoms with Gasteiger partial charge < -0.3 is 4.74 Å². The number of halogens is 1. The zero-order valence-corrected chi connectivity index (χ0v) is 13.8. The first-order valence-electron chi connectivity index (χ1n) is 7.73. The van der Waals surface area contributed by atoms with Crippen LogP contribution in [-0.4, -0.2) is 6.61 Å². The molecule has 1 nitrogen and oxygen atoms in total. The Morgan fingerprint density at radius 1 is 1.04 bits per heavy atom. The Bertz CT molecular complexity index is 743. The van der Waals surface area contributed by atoms with Crippen LogP contribution in [-0.2, 0) is 0 Å². The average molecular weight is 323 g/mol. The molecule has 0 fully saturated rings. The third-order valence-corrected chi connectivity index (χ3v) is 4.29. The van der Waals surface area contributed by atoms with Crippen LogP contribution >= 0.6 is 11.6 Å². The molecule has 0 radical (unpaired) electrons. The molecule has 3 rings (SSSR count). The van der Waals surface area contributed by atoms with E-state index in [1.807, 2.05) is 31.2 Å². The molecular weight excluding hydrogens is 304 g/mol. The highest BCUT2D eigenvalue weighted by Gasteiger charge is 2.11. The van der Waals surface area contributed by atoms with Crippen molar-refractivity contribution in [2.24, 2.45) is 0 Å². The molecule has 116 valence electrons. The first-order chi connectivity index (χ1) is 11.2. The van der Waals surface area contributed by atoms with Crippen molar-refractivity contribution in [1.29, 1.82) is 0 Å². The minimum atomic E-state index is 0.203. The molecule has 0 aliphatic heterocycles. The molecule has 1 atom stereocenters. The average Bonchev–Trinajstić information content (AvgIpc) is 3.08. The lowest BCUT2D eigenvalue weighted by Crippen LogP contribution is -2.09. The quantitative estimate of drug-likeness (QED) is 0.669. The summed E-state index contributed by atoms with van der Waals surface area (Å²) in [5.41, 5.74) is 3.49. The molecule has 0 bridgehead atoms. The molecule has 0 amide bonds. The maximum absolute atomic E-state index is 6.07. The molecule has 0 spiro atoms. The van der Waals surface area contributed by atoms with Crippen LogP contribution in [0.3, 0.4) is 0 Å². The van der Waals surface area contributed by atoms with E-state index in [0.717, 1.165) is 16.3 Å². The standard InChI is InChI=1S/C21H19ClO/c1-16-13-20(11-12-21(16)22)23-15-19(14-17-7-5-6-8-17)18-9-3-2-4-10-18/h2-14,19H,15H2,1H3. The van der Waals surface area contributed by atoms with E-state index in [-0.39, 0.29) is 5.92 Å². The fourth-order valence-corrected chi connectivity index (χ4v) is 2.68. The van der Waals surface area contributed by atoms with Crippen LogP contribution in [0.2, 0.25) is 5.02 Å². The second kappa shape index (κ2) is 7.34. The number of hydrogen-bond donors (Lipinski definition) is 0. The molecule has 1 unspecified atom stereocenters. The number of hydrogen-bond acceptors (Lipinski definition) is 1. The van der Waals surface area contributed by atoms with Gasteiger partial charge in [0.1, 0.15) is 5.75 Å². The predicted octanol–water partition coefficient (Wildman–Crippen LogP) is 5.86. The number of ether oxygens (including phenoxy) is 1. The Labute approximate surface area is 142 Å². The normalized spacial score (nSPS) is 14.1. The van der Waals surface area contributed by atoms with Gasteiger partial charge in [0.25, 0.3) is 0 Å². The highest BCUT2D eigenvalue weighted by molar-refractivity contribution is 6.31. The van der Waals surface area contributed by atoms with Gasteiger partial charge in [-0.2, -0.15) is 0 Å². The Balaban J connectivity index is 1.78. The summed E-state index contributed by atoms with van der Waals surface area (Å²) in [4.78, 5) is 0. The van der Waals surface area contributed by atoms with Crippen molar-refractivity contribution < 1.29 is 4.74 Å². The van der Waals surface area contributed by atoms with E-state index in [1.165, 1.54) is 11.1 Å². The first-order valence-corrected chi connectivity index (χ1v) is 8.10. The molecule has 2 aromatic carbocycles. The van der Waals surface area contributed by atoms with Crippen LogP contribution < -0.4 is 4.74 Å². The van der Waals surface area contributed by atoms with Gasteiger partial charge in [0.05, 0.1) is 6.61 Å². The lowest BCUT2D eigenvalue weighted by molar-refractivity contribution is 0.306. The summed E-state index contributed by atoms with van der Waals surface area (Å²) >= 11 is 6.07. The largest absolute Gasteiger partial charge is 0.493 e. The molecule has 0 aromatic heterocycles. The van der Waals surface area contributed by atoms with E-state index < -0.39 is 0 Å². The maximum Gasteiger partial charge on any atom is 0.119 e. The van der Waals surface area contributed by atoms with Gasteiger partial charge in [-0.15, -0.1) is 0 Å². The molecule has 2 heteroatoms. The van der Waals surface area contributed by atoms with Crippen molar-refractivity contribution in [3.05, 3.63) is 101 Å². The van der Waals surface area contributed by atoms with Gasteiger partial charge in [0, 0.05) is 10.9 Å². The van der Waals surface area contributed by atoms with Crippen molar-refractivity contribution >= 4 is 11.6 Å². The van der Waals surface area contributed by atoms with Crippen LogP contribution in [0, 0.1) is 6.92 Å². The molecule has 1 aliphatic rings. The van der Waals surface area contributed by atoms with Gasteiger partial charge in [0.2, 0.25) is 0 Å². The Morgan fingerprint density at radius 2 is 1.78 bits per heavy atom. The zero-order chi connectivity index (χ0) is 16.1. The summed E-state index contributed by atoms with van der Waals surface area (Å²) in [6, 6.07) is 16.2. The monoisotopic (exact) mass is 322 g/mol. The summed E-state index contributed by atoms with van der Waals surface area (Å²) in [5.74, 6) is 1.05. The molecule has 2 aromatic rings. The highest BCUT2D eigenvalue weighted by Crippen LogP contribution is 2.25. The van der Waals surface area contributed by atoms with E-state index in [1.54, 1.807) is 0 Å². The van der Waals surface area contributed by atoms with Crippen LogP contribution in [0.25, 0.3) is 0 Å². The number of allylic oxidation sites excluding steroid dienone is 5. The summed E-state index contributed by atoms with van der Waals surface area (Å²) in [7, 11) is 0. The van der Waals surface area contributed by atoms with Crippen molar-refractivity contribution in [2.45, 2.75) is 12.8 Å². The van der Waals surface area contributed by atoms with E-state index in [4.69, 9.17) is 16.3 Å². The van der Waals surface area contributed by atoms with Crippen LogP contribution in [0.1, 0.15) is 17.0 Å². The number of aryl methyl sites for hydroxylation is 1. The van der Waals surface area contributed by atoms with E-state index in [9.17, 15) is 0 Å². The lowest BCUT2D eigenvalue weighted by atomic mass is 9.97. The van der Waals surface area contributed by atoms with Gasteiger partial charge in [-0.25, -0.2) is 0 Å². The van der Waals surface area contributed by atoms with Gasteiger partial charge in [0.15, 0.2) is 0 Å². The van der Waals surface area contributed by atoms with E-state index in [2.05, 4.69) is 54.6 Å². The van der Waals surface area contributed by atoms with Crippen LogP contribution in [0.5, 0.6) is 5.75 Å². The Hall–Kier alpha value is -2.25. The molecule has 0 N–H and O–H groups in total. The molecule has 0 saturated heterocycles. The van der Waals surface area contributed by atoms with E-state index in [0.29, 0.717) is 6.61 Å². The van der Waals surface area contributed by atoms with Crippen molar-refractivity contribution in [3.63, 3.8) is 0 Å². The minimum Gasteiger partial charge on any atom is -0.493 e. The third kappa shape index (κ3) is 4.14. The van der Waals surface area contributed by atoms with Gasteiger partial charge >= 0.3 is 0 Å². The Kier molecular flexibility index (Phi) is 4.99. The summed E-state index contributed by atoms with van der Waals surface area (Å²) in [6.07, 6.45) is 10.6. The molecule has 1 aliphatic carbocycles. The predicted molar refractivity (Wildman–Crippen MR) is 97.2 cm³/mol. The van der Waals surface area contributed by atoms with Crippen molar-refractivity contribution in [3.8, 4) is 5.75 Å². The Morgan fingerprint density at radius 3 is 2.48 bits per heavy atom.